The van der Waals surface area contributed by atoms with Crippen molar-refractivity contribution in [3.05, 3.63) is 0 Å². The first-order chi connectivity index (χ1) is 5.97. The molecule has 1 N–H and O–H groups in total. The summed E-state index contributed by atoms with van der Waals surface area (Å²) in [5.41, 5.74) is -0.874. The van der Waals surface area contributed by atoms with Gasteiger partial charge >= 0.3 is 10.4 Å². The molecule has 0 aliphatic carbocycles. The van der Waals surface area contributed by atoms with Crippen LogP contribution in [0.2, 0.25) is 0 Å². The van der Waals surface area contributed by atoms with Gasteiger partial charge in [0.25, 0.3) is 0 Å². The average Bonchev–Trinajstić information content (AvgIpc) is 1.78. The van der Waals surface area contributed by atoms with Gasteiger partial charge in [0.2, 0.25) is 0 Å². The molecule has 0 aromatic carbocycles. The highest BCUT2D eigenvalue weighted by atomic mass is 32.3. The standard InChI is InChI=1S/C9H20O4S/c1-6-9(5,7-8(2,3)4)13-14(10,11)12/h6-7H2,1-5H3,(H,10,11,12). The minimum absolute atomic E-state index is 0.0462. The van der Waals surface area contributed by atoms with E-state index in [2.05, 4.69) is 4.18 Å². The zero-order valence-electron chi connectivity index (χ0n) is 9.49. The molecule has 4 nitrogen and oxygen atoms in total. The second kappa shape index (κ2) is 4.16. The average molecular weight is 224 g/mol. The largest absolute Gasteiger partial charge is 0.397 e. The lowest BCUT2D eigenvalue weighted by Crippen LogP contribution is -2.35. The molecule has 86 valence electrons. The Balaban J connectivity index is 4.66. The zero-order valence-corrected chi connectivity index (χ0v) is 10.3. The fourth-order valence-corrected chi connectivity index (χ4v) is 2.27. The SMILES string of the molecule is CCC(C)(CC(C)(C)C)OS(=O)(=O)O. The normalized spacial score (nSPS) is 17.9. The van der Waals surface area contributed by atoms with Crippen LogP contribution in [0.5, 0.6) is 0 Å². The quantitative estimate of drug-likeness (QED) is 0.745. The molecule has 14 heavy (non-hydrogen) atoms. The number of hydrogen-bond donors (Lipinski definition) is 1. The van der Waals surface area contributed by atoms with Crippen molar-refractivity contribution in [1.82, 2.24) is 0 Å². The summed E-state index contributed by atoms with van der Waals surface area (Å²) in [6.07, 6.45) is 1.10. The van der Waals surface area contributed by atoms with Crippen molar-refractivity contribution in [3.8, 4) is 0 Å². The summed E-state index contributed by atoms with van der Waals surface area (Å²) in [7, 11) is -4.37. The first-order valence-electron chi connectivity index (χ1n) is 4.65. The lowest BCUT2D eigenvalue weighted by molar-refractivity contribution is 0.0362. The summed E-state index contributed by atoms with van der Waals surface area (Å²) in [6, 6.07) is 0. The Labute approximate surface area is 86.6 Å². The lowest BCUT2D eigenvalue weighted by Gasteiger charge is -2.33. The van der Waals surface area contributed by atoms with Crippen molar-refractivity contribution in [2.24, 2.45) is 5.41 Å². The van der Waals surface area contributed by atoms with Gasteiger partial charge in [-0.05, 0) is 25.2 Å². The second-order valence-corrected chi connectivity index (χ2v) is 6.07. The van der Waals surface area contributed by atoms with Gasteiger partial charge in [0.15, 0.2) is 0 Å². The van der Waals surface area contributed by atoms with Crippen molar-refractivity contribution in [3.63, 3.8) is 0 Å². The smallest absolute Gasteiger partial charge is 0.264 e. The van der Waals surface area contributed by atoms with E-state index in [0.717, 1.165) is 0 Å². The second-order valence-electron chi connectivity index (χ2n) is 5.05. The van der Waals surface area contributed by atoms with E-state index in [-0.39, 0.29) is 5.41 Å². The first-order valence-corrected chi connectivity index (χ1v) is 6.02. The monoisotopic (exact) mass is 224 g/mol. The molecule has 0 amide bonds. The van der Waals surface area contributed by atoms with Gasteiger partial charge in [-0.25, -0.2) is 4.18 Å². The van der Waals surface area contributed by atoms with Gasteiger partial charge in [-0.1, -0.05) is 27.7 Å². The molecule has 0 saturated heterocycles. The van der Waals surface area contributed by atoms with Crippen molar-refractivity contribution in [2.75, 3.05) is 0 Å². The Morgan fingerprint density at radius 3 is 1.86 bits per heavy atom. The fourth-order valence-electron chi connectivity index (χ4n) is 1.59. The predicted molar refractivity (Wildman–Crippen MR) is 55.4 cm³/mol. The summed E-state index contributed by atoms with van der Waals surface area (Å²) >= 11 is 0. The van der Waals surface area contributed by atoms with Gasteiger partial charge in [-0.15, -0.1) is 0 Å². The molecule has 0 radical (unpaired) electrons. The summed E-state index contributed by atoms with van der Waals surface area (Å²) in [4.78, 5) is 0. The van der Waals surface area contributed by atoms with Crippen molar-refractivity contribution in [2.45, 2.75) is 53.1 Å². The van der Waals surface area contributed by atoms with Crippen LogP contribution in [0.15, 0.2) is 0 Å². The van der Waals surface area contributed by atoms with E-state index < -0.39 is 16.0 Å². The molecular formula is C9H20O4S. The molecule has 0 aliphatic heterocycles. The highest BCUT2D eigenvalue weighted by Gasteiger charge is 2.33. The van der Waals surface area contributed by atoms with Crippen molar-refractivity contribution in [1.29, 1.82) is 0 Å². The molecule has 5 heteroatoms. The van der Waals surface area contributed by atoms with Crippen molar-refractivity contribution < 1.29 is 17.2 Å². The van der Waals surface area contributed by atoms with Crippen LogP contribution in [0.4, 0.5) is 0 Å². The van der Waals surface area contributed by atoms with Gasteiger partial charge in [0, 0.05) is 0 Å². The van der Waals surface area contributed by atoms with Crippen LogP contribution in [-0.4, -0.2) is 18.6 Å². The predicted octanol–water partition coefficient (Wildman–Crippen LogP) is 2.41. The van der Waals surface area contributed by atoms with Gasteiger partial charge in [-0.3, -0.25) is 4.55 Å². The Morgan fingerprint density at radius 2 is 1.64 bits per heavy atom. The van der Waals surface area contributed by atoms with Gasteiger partial charge in [0.1, 0.15) is 0 Å². The maximum atomic E-state index is 10.6. The third kappa shape index (κ3) is 6.34. The van der Waals surface area contributed by atoms with Gasteiger partial charge in [0.05, 0.1) is 5.60 Å². The molecule has 0 aliphatic rings. The third-order valence-corrected chi connectivity index (χ3v) is 2.57. The van der Waals surface area contributed by atoms with Gasteiger partial charge in [-0.2, -0.15) is 8.42 Å². The highest BCUT2D eigenvalue weighted by Crippen LogP contribution is 2.32. The summed E-state index contributed by atoms with van der Waals surface area (Å²) in [5, 5.41) is 0. The van der Waals surface area contributed by atoms with Crippen molar-refractivity contribution >= 4 is 10.4 Å². The Morgan fingerprint density at radius 1 is 1.21 bits per heavy atom. The summed E-state index contributed by atoms with van der Waals surface area (Å²) < 4.78 is 34.6. The van der Waals surface area contributed by atoms with Crippen LogP contribution < -0.4 is 0 Å². The molecule has 1 atom stereocenters. The highest BCUT2D eigenvalue weighted by molar-refractivity contribution is 7.80. The third-order valence-electron chi connectivity index (χ3n) is 1.96. The molecule has 0 bridgehead atoms. The minimum atomic E-state index is -4.37. The van der Waals surface area contributed by atoms with Crippen LogP contribution in [0.3, 0.4) is 0 Å². The first kappa shape index (κ1) is 13.9. The summed E-state index contributed by atoms with van der Waals surface area (Å²) in [5.74, 6) is 0. The molecule has 0 spiro atoms. The van der Waals surface area contributed by atoms with Crippen LogP contribution in [0.1, 0.15) is 47.5 Å². The Hall–Kier alpha value is -0.130. The van der Waals surface area contributed by atoms with Crippen LogP contribution >= 0.6 is 0 Å². The van der Waals surface area contributed by atoms with Crippen LogP contribution in [0, 0.1) is 5.41 Å². The molecule has 1 unspecified atom stereocenters. The molecule has 0 aromatic rings. The fraction of sp³-hybridized carbons (Fsp3) is 1.00. The van der Waals surface area contributed by atoms with E-state index in [9.17, 15) is 8.42 Å². The van der Waals surface area contributed by atoms with E-state index in [1.165, 1.54) is 0 Å². The van der Waals surface area contributed by atoms with E-state index in [0.29, 0.717) is 12.8 Å². The number of hydrogen-bond acceptors (Lipinski definition) is 3. The molecule has 0 saturated carbocycles. The topological polar surface area (TPSA) is 63.6 Å². The van der Waals surface area contributed by atoms with E-state index in [1.807, 2.05) is 27.7 Å². The Kier molecular flexibility index (Phi) is 4.12. The minimum Gasteiger partial charge on any atom is -0.264 e. The van der Waals surface area contributed by atoms with E-state index in [1.54, 1.807) is 6.92 Å². The van der Waals surface area contributed by atoms with E-state index >= 15 is 0 Å². The van der Waals surface area contributed by atoms with Crippen LogP contribution in [-0.2, 0) is 14.6 Å². The van der Waals surface area contributed by atoms with Gasteiger partial charge < -0.3 is 0 Å². The molecule has 0 fully saturated rings. The Bertz CT molecular complexity index is 276. The molecule has 0 rings (SSSR count). The van der Waals surface area contributed by atoms with E-state index in [4.69, 9.17) is 4.55 Å². The molecule has 0 aromatic heterocycles. The molecule has 0 heterocycles. The maximum absolute atomic E-state index is 10.6. The lowest BCUT2D eigenvalue weighted by atomic mass is 9.82. The van der Waals surface area contributed by atoms with Crippen LogP contribution in [0.25, 0.3) is 0 Å². The zero-order chi connectivity index (χ0) is 11.6. The number of rotatable bonds is 4. The maximum Gasteiger partial charge on any atom is 0.397 e. The molecular weight excluding hydrogens is 204 g/mol. The summed E-state index contributed by atoms with van der Waals surface area (Å²) in [6.45, 7) is 9.50.